The van der Waals surface area contributed by atoms with Crippen LogP contribution in [0, 0.1) is 0 Å². The number of hydrogen-bond donors (Lipinski definition) is 1. The molecular formula is C13H21NO3S. The third kappa shape index (κ3) is 4.66. The van der Waals surface area contributed by atoms with Crippen LogP contribution in [-0.2, 0) is 9.84 Å². The standard InChI is InChI=1S/C13H21NO3S/c1-4-13(15)11-5-7-12(8-6-11)14(2)9-10-18(3,16)17/h5-8,13,15H,4,9-10H2,1-3H3. The Morgan fingerprint density at radius 3 is 2.28 bits per heavy atom. The summed E-state index contributed by atoms with van der Waals surface area (Å²) in [5, 5.41) is 9.68. The number of sulfone groups is 1. The minimum atomic E-state index is -2.93. The Kier molecular flexibility index (Phi) is 5.16. The summed E-state index contributed by atoms with van der Waals surface area (Å²) in [5.41, 5.74) is 1.84. The molecule has 0 aliphatic rings. The summed E-state index contributed by atoms with van der Waals surface area (Å²) in [7, 11) is -1.08. The van der Waals surface area contributed by atoms with Crippen LogP contribution in [0.4, 0.5) is 5.69 Å². The molecule has 0 aliphatic heterocycles. The molecule has 1 unspecified atom stereocenters. The molecule has 0 spiro atoms. The van der Waals surface area contributed by atoms with Gasteiger partial charge in [0.1, 0.15) is 9.84 Å². The van der Waals surface area contributed by atoms with Crippen molar-refractivity contribution in [3.05, 3.63) is 29.8 Å². The smallest absolute Gasteiger partial charge is 0.149 e. The summed E-state index contributed by atoms with van der Waals surface area (Å²) < 4.78 is 22.2. The van der Waals surface area contributed by atoms with E-state index in [1.165, 1.54) is 6.26 Å². The highest BCUT2D eigenvalue weighted by atomic mass is 32.2. The van der Waals surface area contributed by atoms with Gasteiger partial charge in [0.25, 0.3) is 0 Å². The molecule has 0 aliphatic carbocycles. The average Bonchev–Trinajstić information content (AvgIpc) is 2.34. The Bertz CT molecular complexity index is 468. The van der Waals surface area contributed by atoms with Crippen LogP contribution in [0.25, 0.3) is 0 Å². The lowest BCUT2D eigenvalue weighted by Crippen LogP contribution is -2.24. The average molecular weight is 271 g/mol. The fraction of sp³-hybridized carbons (Fsp3) is 0.538. The number of rotatable bonds is 6. The van der Waals surface area contributed by atoms with Gasteiger partial charge in [-0.25, -0.2) is 8.42 Å². The minimum Gasteiger partial charge on any atom is -0.388 e. The summed E-state index contributed by atoms with van der Waals surface area (Å²) in [6, 6.07) is 7.55. The molecule has 0 amide bonds. The van der Waals surface area contributed by atoms with E-state index in [9.17, 15) is 13.5 Å². The van der Waals surface area contributed by atoms with Gasteiger partial charge in [-0.2, -0.15) is 0 Å². The van der Waals surface area contributed by atoms with Gasteiger partial charge >= 0.3 is 0 Å². The molecule has 0 heterocycles. The van der Waals surface area contributed by atoms with E-state index in [-0.39, 0.29) is 5.75 Å². The third-order valence-corrected chi connectivity index (χ3v) is 3.83. The summed E-state index contributed by atoms with van der Waals surface area (Å²) in [6.07, 6.45) is 1.49. The summed E-state index contributed by atoms with van der Waals surface area (Å²) in [6.45, 7) is 2.39. The molecule has 0 saturated carbocycles. The van der Waals surface area contributed by atoms with Gasteiger partial charge in [-0.3, -0.25) is 0 Å². The largest absolute Gasteiger partial charge is 0.388 e. The van der Waals surface area contributed by atoms with Crippen molar-refractivity contribution in [1.82, 2.24) is 0 Å². The van der Waals surface area contributed by atoms with Crippen LogP contribution >= 0.6 is 0 Å². The first-order valence-electron chi connectivity index (χ1n) is 6.00. The van der Waals surface area contributed by atoms with Gasteiger partial charge in [-0.15, -0.1) is 0 Å². The van der Waals surface area contributed by atoms with Crippen molar-refractivity contribution < 1.29 is 13.5 Å². The predicted molar refractivity (Wildman–Crippen MR) is 74.7 cm³/mol. The van der Waals surface area contributed by atoms with E-state index >= 15 is 0 Å². The second kappa shape index (κ2) is 6.20. The maximum Gasteiger partial charge on any atom is 0.149 e. The van der Waals surface area contributed by atoms with Crippen LogP contribution in [0.2, 0.25) is 0 Å². The second-order valence-corrected chi connectivity index (χ2v) is 6.83. The first-order chi connectivity index (χ1) is 8.33. The molecule has 0 radical (unpaired) electrons. The van der Waals surface area contributed by atoms with Crippen LogP contribution < -0.4 is 4.90 Å². The van der Waals surface area contributed by atoms with Crippen molar-refractivity contribution in [3.8, 4) is 0 Å². The molecule has 1 rings (SSSR count). The fourth-order valence-electron chi connectivity index (χ4n) is 1.62. The molecule has 102 valence electrons. The van der Waals surface area contributed by atoms with E-state index in [0.717, 1.165) is 11.3 Å². The zero-order chi connectivity index (χ0) is 13.8. The van der Waals surface area contributed by atoms with E-state index in [1.54, 1.807) is 0 Å². The van der Waals surface area contributed by atoms with Crippen LogP contribution in [0.5, 0.6) is 0 Å². The van der Waals surface area contributed by atoms with E-state index in [1.807, 2.05) is 43.1 Å². The van der Waals surface area contributed by atoms with Crippen molar-refractivity contribution in [2.45, 2.75) is 19.4 Å². The lowest BCUT2D eigenvalue weighted by atomic mass is 10.1. The molecule has 1 N–H and O–H groups in total. The maximum atomic E-state index is 11.1. The number of aliphatic hydroxyl groups is 1. The highest BCUT2D eigenvalue weighted by Crippen LogP contribution is 2.20. The van der Waals surface area contributed by atoms with Crippen molar-refractivity contribution in [2.75, 3.05) is 30.5 Å². The zero-order valence-electron chi connectivity index (χ0n) is 11.1. The third-order valence-electron chi connectivity index (χ3n) is 2.90. The van der Waals surface area contributed by atoms with E-state index in [4.69, 9.17) is 0 Å². The van der Waals surface area contributed by atoms with Crippen LogP contribution in [-0.4, -0.2) is 39.1 Å². The SMILES string of the molecule is CCC(O)c1ccc(N(C)CCS(C)(=O)=O)cc1. The molecule has 0 saturated heterocycles. The molecule has 4 nitrogen and oxygen atoms in total. The predicted octanol–water partition coefficient (Wildman–Crippen LogP) is 1.61. The number of aliphatic hydroxyl groups excluding tert-OH is 1. The van der Waals surface area contributed by atoms with Crippen LogP contribution in [0.3, 0.4) is 0 Å². The first kappa shape index (κ1) is 15.0. The number of nitrogens with zero attached hydrogens (tertiary/aromatic N) is 1. The lowest BCUT2D eigenvalue weighted by Gasteiger charge is -2.19. The first-order valence-corrected chi connectivity index (χ1v) is 8.06. The summed E-state index contributed by atoms with van der Waals surface area (Å²) in [5.74, 6) is 0.142. The molecule has 18 heavy (non-hydrogen) atoms. The van der Waals surface area contributed by atoms with Gasteiger partial charge < -0.3 is 10.0 Å². The van der Waals surface area contributed by atoms with E-state index < -0.39 is 15.9 Å². The number of benzene rings is 1. The fourth-order valence-corrected chi connectivity index (χ4v) is 2.22. The van der Waals surface area contributed by atoms with Crippen LogP contribution in [0.1, 0.15) is 25.0 Å². The minimum absolute atomic E-state index is 0.142. The van der Waals surface area contributed by atoms with Gasteiger partial charge in [0, 0.05) is 25.5 Å². The highest BCUT2D eigenvalue weighted by Gasteiger charge is 2.08. The molecule has 1 atom stereocenters. The molecule has 1 aromatic rings. The van der Waals surface area contributed by atoms with E-state index in [0.29, 0.717) is 13.0 Å². The Morgan fingerprint density at radius 1 is 1.28 bits per heavy atom. The number of anilines is 1. The Hall–Kier alpha value is -1.07. The van der Waals surface area contributed by atoms with Crippen molar-refractivity contribution >= 4 is 15.5 Å². The van der Waals surface area contributed by atoms with Gasteiger partial charge in [0.05, 0.1) is 11.9 Å². The van der Waals surface area contributed by atoms with E-state index in [2.05, 4.69) is 0 Å². The van der Waals surface area contributed by atoms with Crippen molar-refractivity contribution in [2.24, 2.45) is 0 Å². The monoisotopic (exact) mass is 271 g/mol. The molecule has 0 aromatic heterocycles. The molecule has 1 aromatic carbocycles. The van der Waals surface area contributed by atoms with Crippen molar-refractivity contribution in [1.29, 1.82) is 0 Å². The molecular weight excluding hydrogens is 250 g/mol. The van der Waals surface area contributed by atoms with Gasteiger partial charge in [-0.05, 0) is 24.1 Å². The zero-order valence-corrected chi connectivity index (χ0v) is 11.9. The lowest BCUT2D eigenvalue weighted by molar-refractivity contribution is 0.173. The normalized spacial score (nSPS) is 13.3. The summed E-state index contributed by atoms with van der Waals surface area (Å²) >= 11 is 0. The maximum absolute atomic E-state index is 11.1. The topological polar surface area (TPSA) is 57.6 Å². The summed E-state index contributed by atoms with van der Waals surface area (Å²) in [4.78, 5) is 1.89. The van der Waals surface area contributed by atoms with Gasteiger partial charge in [0.15, 0.2) is 0 Å². The number of hydrogen-bond acceptors (Lipinski definition) is 4. The van der Waals surface area contributed by atoms with Crippen LogP contribution in [0.15, 0.2) is 24.3 Å². The Labute approximate surface area is 109 Å². The molecule has 0 fully saturated rings. The quantitative estimate of drug-likeness (QED) is 0.854. The highest BCUT2D eigenvalue weighted by molar-refractivity contribution is 7.90. The molecule has 5 heteroatoms. The van der Waals surface area contributed by atoms with Gasteiger partial charge in [-0.1, -0.05) is 19.1 Å². The Morgan fingerprint density at radius 2 is 1.83 bits per heavy atom. The Balaban J connectivity index is 2.67. The van der Waals surface area contributed by atoms with Gasteiger partial charge in [0.2, 0.25) is 0 Å². The molecule has 0 bridgehead atoms. The van der Waals surface area contributed by atoms with Crippen molar-refractivity contribution in [3.63, 3.8) is 0 Å². The second-order valence-electron chi connectivity index (χ2n) is 4.57.